The van der Waals surface area contributed by atoms with E-state index in [-0.39, 0.29) is 58.4 Å². The van der Waals surface area contributed by atoms with Crippen molar-refractivity contribution >= 4 is 35.3 Å². The van der Waals surface area contributed by atoms with Crippen molar-refractivity contribution in [3.63, 3.8) is 0 Å². The summed E-state index contributed by atoms with van der Waals surface area (Å²) in [6.45, 7) is 7.30. The normalized spacial score (nSPS) is 30.4. The van der Waals surface area contributed by atoms with E-state index in [0.29, 0.717) is 30.8 Å². The van der Waals surface area contributed by atoms with Crippen molar-refractivity contribution in [1.29, 1.82) is 0 Å². The molecule has 6 atom stereocenters. The molecule has 3 N–H and O–H groups in total. The van der Waals surface area contributed by atoms with Gasteiger partial charge in [-0.3, -0.25) is 9.59 Å². The number of carbonyl (C=O) groups excluding carboxylic acids is 3. The highest BCUT2D eigenvalue weighted by atomic mass is 32.2. The summed E-state index contributed by atoms with van der Waals surface area (Å²) >= 11 is 1.47. The zero-order valence-electron chi connectivity index (χ0n) is 19.4. The number of nitrogens with zero attached hydrogens (tertiary/aromatic N) is 2. The number of likely N-dealkylation sites (N-methyl/N-ethyl adjacent to an activating group) is 1. The lowest BCUT2D eigenvalue weighted by Crippen LogP contribution is -2.62. The molecule has 0 saturated carbocycles. The Balaban J connectivity index is 1.66. The molecule has 3 rings (SSSR count). The van der Waals surface area contributed by atoms with Gasteiger partial charge in [0.05, 0.1) is 18.0 Å². The Morgan fingerprint density at radius 2 is 2.03 bits per heavy atom. The molecule has 2 saturated heterocycles. The van der Waals surface area contributed by atoms with Gasteiger partial charge in [0, 0.05) is 42.1 Å². The van der Waals surface area contributed by atoms with Gasteiger partial charge in [-0.1, -0.05) is 13.8 Å². The van der Waals surface area contributed by atoms with Crippen molar-refractivity contribution in [3.8, 4) is 0 Å². The summed E-state index contributed by atoms with van der Waals surface area (Å²) in [6.07, 6.45) is 0.917. The fraction of sp³-hybridized carbons (Fsp3) is 0.727. The molecular weight excluding hydrogens is 432 g/mol. The van der Waals surface area contributed by atoms with Gasteiger partial charge in [0.1, 0.15) is 11.5 Å². The van der Waals surface area contributed by atoms with Crippen LogP contribution in [0.25, 0.3) is 0 Å². The average molecular weight is 467 g/mol. The number of ketones is 1. The van der Waals surface area contributed by atoms with Crippen LogP contribution in [0.5, 0.6) is 0 Å². The van der Waals surface area contributed by atoms with Gasteiger partial charge >= 0.3 is 5.97 Å². The predicted octanol–water partition coefficient (Wildman–Crippen LogP) is 0.516. The molecule has 178 valence electrons. The van der Waals surface area contributed by atoms with Gasteiger partial charge in [-0.05, 0) is 33.4 Å². The molecule has 32 heavy (non-hydrogen) atoms. The molecule has 0 aromatic heterocycles. The number of Topliss-reactive ketones (excluding diaryl/α,β-unsaturated/α-hetero) is 1. The number of fused-ring (bicyclic) bond motifs is 1. The number of β-lactam (4-membered cyclic amide) rings is 1. The van der Waals surface area contributed by atoms with E-state index in [9.17, 15) is 24.3 Å². The Bertz CT molecular complexity index is 829. The SMILES string of the molecule is CC(=O)C[C@H](C)[C@H]1C(=O)N2C(C(=O)O)=C(S[C@@H]3CN[C@H](C(=O)NCCN(C)C)C3)[C@H](C)[C@H]12. The highest BCUT2D eigenvalue weighted by Gasteiger charge is 2.60. The summed E-state index contributed by atoms with van der Waals surface area (Å²) in [4.78, 5) is 53.0. The number of rotatable bonds is 10. The maximum atomic E-state index is 12.8. The van der Waals surface area contributed by atoms with Crippen LogP contribution in [0, 0.1) is 17.8 Å². The lowest BCUT2D eigenvalue weighted by molar-refractivity contribution is -0.160. The fourth-order valence-corrected chi connectivity index (χ4v) is 6.52. The largest absolute Gasteiger partial charge is 0.477 e. The van der Waals surface area contributed by atoms with Crippen molar-refractivity contribution in [1.82, 2.24) is 20.4 Å². The van der Waals surface area contributed by atoms with E-state index in [1.807, 2.05) is 32.8 Å². The van der Waals surface area contributed by atoms with Gasteiger partial charge in [0.25, 0.3) is 0 Å². The minimum atomic E-state index is -1.10. The highest BCUT2D eigenvalue weighted by Crippen LogP contribution is 2.53. The summed E-state index contributed by atoms with van der Waals surface area (Å²) < 4.78 is 0. The van der Waals surface area contributed by atoms with E-state index in [2.05, 4.69) is 10.6 Å². The Kier molecular flexibility index (Phi) is 7.67. The molecule has 3 aliphatic rings. The van der Waals surface area contributed by atoms with Crippen molar-refractivity contribution in [3.05, 3.63) is 10.6 Å². The minimum Gasteiger partial charge on any atom is -0.477 e. The molecule has 0 radical (unpaired) electrons. The smallest absolute Gasteiger partial charge is 0.353 e. The average Bonchev–Trinajstić information content (AvgIpc) is 3.23. The first kappa shape index (κ1) is 24.7. The number of carboxylic acid groups (broad SMARTS) is 1. The lowest BCUT2D eigenvalue weighted by Gasteiger charge is -2.47. The molecule has 3 heterocycles. The van der Waals surface area contributed by atoms with Crippen LogP contribution in [-0.4, -0.2) is 89.5 Å². The Hall–Kier alpha value is -1.91. The van der Waals surface area contributed by atoms with Gasteiger partial charge in [0.15, 0.2) is 0 Å². The number of thioether (sulfide) groups is 1. The van der Waals surface area contributed by atoms with E-state index in [1.54, 1.807) is 0 Å². The molecular formula is C22H34N4O5S. The van der Waals surface area contributed by atoms with Crippen LogP contribution in [0.2, 0.25) is 0 Å². The number of carbonyl (C=O) groups is 4. The zero-order chi connectivity index (χ0) is 23.7. The van der Waals surface area contributed by atoms with Crippen LogP contribution in [0.1, 0.15) is 33.6 Å². The molecule has 0 unspecified atom stereocenters. The summed E-state index contributed by atoms with van der Waals surface area (Å²) in [7, 11) is 3.89. The third kappa shape index (κ3) is 4.87. The Morgan fingerprint density at radius 1 is 1.34 bits per heavy atom. The van der Waals surface area contributed by atoms with Crippen LogP contribution < -0.4 is 10.6 Å². The number of amides is 2. The fourth-order valence-electron chi connectivity index (χ4n) is 5.05. The molecule has 0 spiro atoms. The van der Waals surface area contributed by atoms with Crippen LogP contribution in [0.3, 0.4) is 0 Å². The first-order chi connectivity index (χ1) is 15.0. The third-order valence-electron chi connectivity index (χ3n) is 6.57. The van der Waals surface area contributed by atoms with Gasteiger partial charge in [-0.25, -0.2) is 4.79 Å². The van der Waals surface area contributed by atoms with Gasteiger partial charge < -0.3 is 30.3 Å². The second kappa shape index (κ2) is 9.93. The topological polar surface area (TPSA) is 119 Å². The Labute approximate surface area is 193 Å². The summed E-state index contributed by atoms with van der Waals surface area (Å²) in [5.74, 6) is -1.88. The molecule has 3 aliphatic heterocycles. The number of hydrogen-bond acceptors (Lipinski definition) is 7. The standard InChI is InChI=1S/C22H34N4O5S/c1-11(8-12(2)27)16-17-13(3)19(18(22(30)31)26(17)21(16)29)32-14-9-15(24-10-14)20(28)23-6-7-25(4)5/h11,13-17,24H,6-10H2,1-5H3,(H,23,28)(H,30,31)/t11-,13+,14-,15-,16+,17+/m0/s1. The molecule has 0 aromatic rings. The predicted molar refractivity (Wildman–Crippen MR) is 122 cm³/mol. The number of aliphatic carboxylic acids is 1. The molecule has 2 amide bonds. The Morgan fingerprint density at radius 3 is 2.62 bits per heavy atom. The van der Waals surface area contributed by atoms with E-state index >= 15 is 0 Å². The first-order valence-corrected chi connectivity index (χ1v) is 12.0. The quantitative estimate of drug-likeness (QED) is 0.399. The van der Waals surface area contributed by atoms with Crippen LogP contribution in [0.15, 0.2) is 10.6 Å². The number of nitrogens with one attached hydrogen (secondary N) is 2. The van der Waals surface area contributed by atoms with E-state index in [0.717, 1.165) is 6.54 Å². The molecule has 9 nitrogen and oxygen atoms in total. The van der Waals surface area contributed by atoms with Crippen molar-refractivity contribution in [2.75, 3.05) is 33.7 Å². The first-order valence-electron chi connectivity index (χ1n) is 11.1. The molecule has 0 aromatic carbocycles. The maximum absolute atomic E-state index is 12.8. The molecule has 0 aliphatic carbocycles. The van der Waals surface area contributed by atoms with Gasteiger partial charge in [0.2, 0.25) is 11.8 Å². The van der Waals surface area contributed by atoms with Crippen LogP contribution >= 0.6 is 11.8 Å². The number of hydrogen-bond donors (Lipinski definition) is 3. The molecule has 2 fully saturated rings. The zero-order valence-corrected chi connectivity index (χ0v) is 20.2. The van der Waals surface area contributed by atoms with E-state index in [1.165, 1.54) is 23.6 Å². The van der Waals surface area contributed by atoms with Gasteiger partial charge in [-0.15, -0.1) is 11.8 Å². The number of carboxylic acids is 1. The van der Waals surface area contributed by atoms with Crippen molar-refractivity contribution < 1.29 is 24.3 Å². The summed E-state index contributed by atoms with van der Waals surface area (Å²) in [5, 5.41) is 16.1. The van der Waals surface area contributed by atoms with Crippen molar-refractivity contribution in [2.45, 2.75) is 50.9 Å². The molecule has 10 heteroatoms. The minimum absolute atomic E-state index is 0.0299. The molecule has 0 bridgehead atoms. The van der Waals surface area contributed by atoms with E-state index in [4.69, 9.17) is 0 Å². The van der Waals surface area contributed by atoms with Crippen molar-refractivity contribution in [2.24, 2.45) is 17.8 Å². The lowest BCUT2D eigenvalue weighted by atomic mass is 9.73. The second-order valence-corrected chi connectivity index (χ2v) is 10.8. The third-order valence-corrected chi connectivity index (χ3v) is 8.08. The summed E-state index contributed by atoms with van der Waals surface area (Å²) in [5.41, 5.74) is 0.0719. The van der Waals surface area contributed by atoms with Crippen LogP contribution in [0.4, 0.5) is 0 Å². The monoisotopic (exact) mass is 466 g/mol. The van der Waals surface area contributed by atoms with E-state index < -0.39 is 5.97 Å². The highest BCUT2D eigenvalue weighted by molar-refractivity contribution is 8.03. The second-order valence-electron chi connectivity index (χ2n) is 9.45. The van der Waals surface area contributed by atoms with Gasteiger partial charge in [-0.2, -0.15) is 0 Å². The summed E-state index contributed by atoms with van der Waals surface area (Å²) in [6, 6.07) is -0.521. The van der Waals surface area contributed by atoms with Crippen LogP contribution in [-0.2, 0) is 19.2 Å². The maximum Gasteiger partial charge on any atom is 0.353 e.